The normalized spacial score (nSPS) is 16.2. The van der Waals surface area contributed by atoms with Crippen LogP contribution in [0.15, 0.2) is 60.7 Å². The Kier molecular flexibility index (Phi) is 11.5. The van der Waals surface area contributed by atoms with E-state index in [1.807, 2.05) is 74.5 Å². The van der Waals surface area contributed by atoms with Gasteiger partial charge in [0.1, 0.15) is 19.3 Å². The number of amides is 3. The van der Waals surface area contributed by atoms with Gasteiger partial charge in [-0.25, -0.2) is 9.59 Å². The predicted octanol–water partition coefficient (Wildman–Crippen LogP) is 3.47. The monoisotopic (exact) mass is 541 g/mol. The van der Waals surface area contributed by atoms with Crippen LogP contribution in [0.3, 0.4) is 0 Å². The molecule has 1 aliphatic heterocycles. The summed E-state index contributed by atoms with van der Waals surface area (Å²) >= 11 is 1.38. The average molecular weight is 542 g/mol. The minimum Gasteiger partial charge on any atom is -0.447 e. The number of rotatable bonds is 14. The van der Waals surface area contributed by atoms with E-state index in [0.29, 0.717) is 18.6 Å². The highest BCUT2D eigenvalue weighted by molar-refractivity contribution is 8.00. The van der Waals surface area contributed by atoms with Gasteiger partial charge in [0.05, 0.1) is 17.8 Å². The van der Waals surface area contributed by atoms with Crippen molar-refractivity contribution in [3.05, 3.63) is 71.8 Å². The molecular formula is C28H35N3O6S. The average Bonchev–Trinajstić information content (AvgIpc) is 3.32. The Labute approximate surface area is 227 Å². The molecule has 38 heavy (non-hydrogen) atoms. The molecule has 0 bridgehead atoms. The first kappa shape index (κ1) is 29.0. The topological polar surface area (TPSA) is 123 Å². The fourth-order valence-corrected chi connectivity index (χ4v) is 4.88. The number of ketones is 1. The summed E-state index contributed by atoms with van der Waals surface area (Å²) in [6.45, 7) is 4.26. The maximum absolute atomic E-state index is 13.3. The van der Waals surface area contributed by atoms with Gasteiger partial charge in [-0.1, -0.05) is 74.5 Å². The molecule has 0 spiro atoms. The summed E-state index contributed by atoms with van der Waals surface area (Å²) in [5, 5.41) is 8.22. The van der Waals surface area contributed by atoms with Crippen LogP contribution in [0.4, 0.5) is 9.59 Å². The number of carbonyl (C=O) groups is 4. The third kappa shape index (κ3) is 10.1. The van der Waals surface area contributed by atoms with Crippen molar-refractivity contribution in [2.75, 3.05) is 18.1 Å². The van der Waals surface area contributed by atoms with Gasteiger partial charge < -0.3 is 25.4 Å². The van der Waals surface area contributed by atoms with E-state index in [9.17, 15) is 19.2 Å². The van der Waals surface area contributed by atoms with Crippen molar-refractivity contribution in [2.24, 2.45) is 5.92 Å². The van der Waals surface area contributed by atoms with E-state index in [0.717, 1.165) is 11.1 Å². The molecule has 9 nitrogen and oxygen atoms in total. The molecule has 1 unspecified atom stereocenters. The Morgan fingerprint density at radius 1 is 1.00 bits per heavy atom. The summed E-state index contributed by atoms with van der Waals surface area (Å²) in [5.41, 5.74) is 1.74. The molecule has 3 rings (SSSR count). The first-order valence-corrected chi connectivity index (χ1v) is 13.8. The van der Waals surface area contributed by atoms with Gasteiger partial charge in [0.25, 0.3) is 0 Å². The zero-order valence-corrected chi connectivity index (χ0v) is 22.5. The van der Waals surface area contributed by atoms with Gasteiger partial charge >= 0.3 is 12.2 Å². The third-order valence-electron chi connectivity index (χ3n) is 5.82. The largest absolute Gasteiger partial charge is 0.447 e. The van der Waals surface area contributed by atoms with Gasteiger partial charge in [-0.15, -0.1) is 0 Å². The molecule has 1 fully saturated rings. The summed E-state index contributed by atoms with van der Waals surface area (Å²) in [5.74, 6) is 0.209. The molecule has 2 aromatic rings. The molecule has 3 atom stereocenters. The molecule has 2 aromatic carbocycles. The number of ether oxygens (including phenoxy) is 2. The maximum Gasteiger partial charge on any atom is 0.408 e. The summed E-state index contributed by atoms with van der Waals surface area (Å²) in [6.07, 6.45) is -0.448. The highest BCUT2D eigenvalue weighted by atomic mass is 32.2. The number of Topliss-reactive ketones (excluding diaryl/α,β-unsaturated/α-hetero) is 1. The minimum atomic E-state index is -0.858. The molecule has 1 heterocycles. The molecule has 3 amide bonds. The SMILES string of the molecule is CC(C)C[C@H](NC(=O)OCc1ccccc1)C(=O)N[C@@H](Cc1ccccc1)C(=O)CSCC1COC(=O)N1. The van der Waals surface area contributed by atoms with Crippen LogP contribution < -0.4 is 16.0 Å². The van der Waals surface area contributed by atoms with Gasteiger partial charge in [0.15, 0.2) is 5.78 Å². The highest BCUT2D eigenvalue weighted by Gasteiger charge is 2.29. The quantitative estimate of drug-likeness (QED) is 0.335. The van der Waals surface area contributed by atoms with E-state index in [1.54, 1.807) is 0 Å². The highest BCUT2D eigenvalue weighted by Crippen LogP contribution is 2.13. The lowest BCUT2D eigenvalue weighted by molar-refractivity contribution is -0.128. The predicted molar refractivity (Wildman–Crippen MR) is 146 cm³/mol. The van der Waals surface area contributed by atoms with Crippen LogP contribution in [0, 0.1) is 5.92 Å². The van der Waals surface area contributed by atoms with E-state index in [4.69, 9.17) is 9.47 Å². The molecule has 10 heteroatoms. The molecule has 204 valence electrons. The number of hydrogen-bond acceptors (Lipinski definition) is 7. The fraction of sp³-hybridized carbons (Fsp3) is 0.429. The standard InChI is InChI=1S/C28H35N3O6S/c1-19(2)13-24(31-28(35)36-15-21-11-7-4-8-12-21)26(33)30-23(14-20-9-5-3-6-10-20)25(32)18-38-17-22-16-37-27(34)29-22/h3-12,19,22-24H,13-18H2,1-2H3,(H,29,34)(H,30,33)(H,31,35)/t22?,23-,24-/m0/s1. The second-order valence-corrected chi connectivity index (χ2v) is 10.6. The van der Waals surface area contributed by atoms with Crippen molar-refractivity contribution in [1.29, 1.82) is 0 Å². The summed E-state index contributed by atoms with van der Waals surface area (Å²) in [4.78, 5) is 50.2. The molecular weight excluding hydrogens is 506 g/mol. The molecule has 0 aromatic heterocycles. The van der Waals surface area contributed by atoms with Gasteiger partial charge in [-0.3, -0.25) is 9.59 Å². The van der Waals surface area contributed by atoms with Crippen LogP contribution >= 0.6 is 11.8 Å². The number of carbonyl (C=O) groups excluding carboxylic acids is 4. The van der Waals surface area contributed by atoms with Crippen LogP contribution in [-0.2, 0) is 32.1 Å². The summed E-state index contributed by atoms with van der Waals surface area (Å²) in [7, 11) is 0. The molecule has 1 saturated heterocycles. The fourth-order valence-electron chi connectivity index (χ4n) is 3.90. The number of benzene rings is 2. The minimum absolute atomic E-state index is 0.0848. The first-order valence-electron chi connectivity index (χ1n) is 12.7. The van der Waals surface area contributed by atoms with Crippen LogP contribution in [-0.4, -0.2) is 60.1 Å². The molecule has 0 radical (unpaired) electrons. The van der Waals surface area contributed by atoms with Crippen molar-refractivity contribution in [2.45, 2.75) is 51.4 Å². The maximum atomic E-state index is 13.3. The van der Waals surface area contributed by atoms with Crippen molar-refractivity contribution < 1.29 is 28.7 Å². The number of hydrogen-bond donors (Lipinski definition) is 3. The zero-order chi connectivity index (χ0) is 27.3. The summed E-state index contributed by atoms with van der Waals surface area (Å²) in [6, 6.07) is 16.9. The first-order chi connectivity index (χ1) is 18.3. The van der Waals surface area contributed by atoms with Gasteiger partial charge in [-0.2, -0.15) is 11.8 Å². The Bertz CT molecular complexity index is 1070. The van der Waals surface area contributed by atoms with Crippen molar-refractivity contribution in [3.8, 4) is 0 Å². The second-order valence-electron chi connectivity index (χ2n) is 9.56. The van der Waals surface area contributed by atoms with E-state index in [1.165, 1.54) is 11.8 Å². The van der Waals surface area contributed by atoms with Crippen LogP contribution in [0.2, 0.25) is 0 Å². The van der Waals surface area contributed by atoms with Crippen LogP contribution in [0.1, 0.15) is 31.4 Å². The van der Waals surface area contributed by atoms with Crippen molar-refractivity contribution in [3.63, 3.8) is 0 Å². The Morgan fingerprint density at radius 3 is 2.26 bits per heavy atom. The smallest absolute Gasteiger partial charge is 0.408 e. The van der Waals surface area contributed by atoms with Crippen LogP contribution in [0.25, 0.3) is 0 Å². The van der Waals surface area contributed by atoms with Gasteiger partial charge in [0.2, 0.25) is 5.91 Å². The second kappa shape index (κ2) is 15.0. The number of cyclic esters (lactones) is 1. The molecule has 1 aliphatic rings. The lowest BCUT2D eigenvalue weighted by Crippen LogP contribution is -2.53. The molecule has 3 N–H and O–H groups in total. The van der Waals surface area contributed by atoms with E-state index in [2.05, 4.69) is 16.0 Å². The lowest BCUT2D eigenvalue weighted by atomic mass is 10.00. The lowest BCUT2D eigenvalue weighted by Gasteiger charge is -2.24. The van der Waals surface area contributed by atoms with E-state index in [-0.39, 0.29) is 36.7 Å². The number of alkyl carbamates (subject to hydrolysis) is 2. The van der Waals surface area contributed by atoms with Gasteiger partial charge in [-0.05, 0) is 29.9 Å². The third-order valence-corrected chi connectivity index (χ3v) is 6.94. The number of nitrogens with one attached hydrogen (secondary N) is 3. The van der Waals surface area contributed by atoms with Gasteiger partial charge in [0, 0.05) is 5.75 Å². The Hall–Kier alpha value is -3.53. The Morgan fingerprint density at radius 2 is 1.66 bits per heavy atom. The number of thioether (sulfide) groups is 1. The van der Waals surface area contributed by atoms with Crippen molar-refractivity contribution in [1.82, 2.24) is 16.0 Å². The van der Waals surface area contributed by atoms with E-state index < -0.39 is 30.2 Å². The molecule has 0 aliphatic carbocycles. The Balaban J connectivity index is 1.61. The molecule has 0 saturated carbocycles. The van der Waals surface area contributed by atoms with Crippen molar-refractivity contribution >= 4 is 35.6 Å². The zero-order valence-electron chi connectivity index (χ0n) is 21.7. The van der Waals surface area contributed by atoms with E-state index >= 15 is 0 Å². The summed E-state index contributed by atoms with van der Waals surface area (Å²) < 4.78 is 10.2. The van der Waals surface area contributed by atoms with Crippen LogP contribution in [0.5, 0.6) is 0 Å².